The van der Waals surface area contributed by atoms with Gasteiger partial charge in [0.2, 0.25) is 5.91 Å². The Balaban J connectivity index is 1.98. The van der Waals surface area contributed by atoms with Crippen LogP contribution in [0.25, 0.3) is 11.0 Å². The van der Waals surface area contributed by atoms with E-state index in [0.717, 1.165) is 16.3 Å². The van der Waals surface area contributed by atoms with Crippen LogP contribution in [0.15, 0.2) is 38.9 Å². The third kappa shape index (κ3) is 4.67. The van der Waals surface area contributed by atoms with Gasteiger partial charge in [0, 0.05) is 13.6 Å². The number of nitrogens with one attached hydrogen (secondary N) is 1. The number of thioether (sulfide) groups is 1. The van der Waals surface area contributed by atoms with Crippen LogP contribution >= 0.6 is 11.8 Å². The topological polar surface area (TPSA) is 123 Å². The van der Waals surface area contributed by atoms with Gasteiger partial charge in [0.1, 0.15) is 22.3 Å². The molecule has 0 saturated heterocycles. The Bertz CT molecular complexity index is 1320. The number of benzene rings is 1. The van der Waals surface area contributed by atoms with Crippen LogP contribution in [0, 0.1) is 24.2 Å². The summed E-state index contributed by atoms with van der Waals surface area (Å²) in [5, 5.41) is 12.4. The Hall–Kier alpha value is -3.45. The van der Waals surface area contributed by atoms with E-state index in [4.69, 9.17) is 5.26 Å². The van der Waals surface area contributed by atoms with Crippen molar-refractivity contribution in [1.82, 2.24) is 19.1 Å². The number of rotatable bonds is 6. The number of aryl methyl sites for hydroxylation is 1. The molecule has 9 nitrogen and oxygen atoms in total. The molecule has 1 aromatic carbocycles. The highest BCUT2D eigenvalue weighted by Crippen LogP contribution is 2.23. The van der Waals surface area contributed by atoms with E-state index >= 15 is 0 Å². The fourth-order valence-electron chi connectivity index (χ4n) is 3.09. The Labute approximate surface area is 182 Å². The molecule has 1 N–H and O–H groups in total. The molecule has 0 atom stereocenters. The molecule has 1 amide bonds. The second kappa shape index (κ2) is 9.14. The summed E-state index contributed by atoms with van der Waals surface area (Å²) in [7, 11) is 1.42. The maximum atomic E-state index is 12.9. The van der Waals surface area contributed by atoms with E-state index in [0.29, 0.717) is 28.6 Å². The fraction of sp³-hybridized carbons (Fsp3) is 0.333. The summed E-state index contributed by atoms with van der Waals surface area (Å²) in [5.74, 6) is 0.188. The Kier molecular flexibility index (Phi) is 6.56. The number of nitrogens with zero attached hydrogens (tertiary/aromatic N) is 5. The fourth-order valence-corrected chi connectivity index (χ4v) is 3.94. The molecule has 0 aliphatic rings. The van der Waals surface area contributed by atoms with Crippen LogP contribution in [-0.2, 0) is 18.4 Å². The number of fused-ring (bicyclic) bond motifs is 1. The molecule has 0 saturated carbocycles. The Morgan fingerprint density at radius 1 is 1.26 bits per heavy atom. The van der Waals surface area contributed by atoms with Crippen LogP contribution in [0.1, 0.15) is 25.2 Å². The lowest BCUT2D eigenvalue weighted by atomic mass is 10.2. The molecule has 2 aromatic heterocycles. The van der Waals surface area contributed by atoms with Gasteiger partial charge in [0.05, 0.1) is 17.0 Å². The maximum absolute atomic E-state index is 12.9. The number of aromatic nitrogens is 4. The van der Waals surface area contributed by atoms with Crippen molar-refractivity contribution in [3.8, 4) is 6.07 Å². The SMILES string of the molecule is Cc1nc(SCC(=O)Nc2ccccc2C#N)c2c(=O)n(C)c(=O)n(CC(C)C)c2n1. The Morgan fingerprint density at radius 3 is 2.65 bits per heavy atom. The quantitative estimate of drug-likeness (QED) is 0.461. The lowest BCUT2D eigenvalue weighted by Crippen LogP contribution is -2.39. The van der Waals surface area contributed by atoms with Crippen molar-refractivity contribution < 1.29 is 4.79 Å². The van der Waals surface area contributed by atoms with E-state index in [1.54, 1.807) is 31.2 Å². The van der Waals surface area contributed by atoms with Gasteiger partial charge in [-0.25, -0.2) is 14.8 Å². The first kappa shape index (κ1) is 22.2. The molecular weight excluding hydrogens is 416 g/mol. The van der Waals surface area contributed by atoms with Gasteiger partial charge in [0.25, 0.3) is 5.56 Å². The molecule has 0 fully saturated rings. The zero-order valence-corrected chi connectivity index (χ0v) is 18.5. The van der Waals surface area contributed by atoms with E-state index < -0.39 is 11.2 Å². The van der Waals surface area contributed by atoms with E-state index in [1.807, 2.05) is 19.9 Å². The summed E-state index contributed by atoms with van der Waals surface area (Å²) in [5.41, 5.74) is 0.104. The van der Waals surface area contributed by atoms with Crippen molar-refractivity contribution in [2.45, 2.75) is 32.3 Å². The van der Waals surface area contributed by atoms with Crippen LogP contribution < -0.4 is 16.6 Å². The number of carbonyl (C=O) groups excluding carboxylic acids is 1. The van der Waals surface area contributed by atoms with Crippen LogP contribution in [0.2, 0.25) is 0 Å². The summed E-state index contributed by atoms with van der Waals surface area (Å²) in [6.07, 6.45) is 0. The number of hydrogen-bond donors (Lipinski definition) is 1. The summed E-state index contributed by atoms with van der Waals surface area (Å²) >= 11 is 1.09. The second-order valence-electron chi connectivity index (χ2n) is 7.42. The third-order valence-corrected chi connectivity index (χ3v) is 5.45. The van der Waals surface area contributed by atoms with Crippen LogP contribution in [-0.4, -0.2) is 30.8 Å². The molecule has 0 radical (unpaired) electrons. The standard InChI is InChI=1S/C21H22N6O3S/c1-12(2)10-27-18-17(20(29)26(4)21(27)30)19(24-13(3)23-18)31-11-16(28)25-15-8-6-5-7-14(15)9-22/h5-8,12H,10-11H2,1-4H3,(H,25,28). The number of amides is 1. The summed E-state index contributed by atoms with van der Waals surface area (Å²) < 4.78 is 2.51. The van der Waals surface area contributed by atoms with E-state index in [1.165, 1.54) is 11.6 Å². The zero-order chi connectivity index (χ0) is 22.7. The number of carbonyl (C=O) groups is 1. The highest BCUT2D eigenvalue weighted by atomic mass is 32.2. The van der Waals surface area contributed by atoms with Gasteiger partial charge >= 0.3 is 5.69 Å². The lowest BCUT2D eigenvalue weighted by Gasteiger charge is -2.15. The van der Waals surface area contributed by atoms with Crippen molar-refractivity contribution in [2.75, 3.05) is 11.1 Å². The van der Waals surface area contributed by atoms with Gasteiger partial charge < -0.3 is 5.32 Å². The van der Waals surface area contributed by atoms with E-state index in [2.05, 4.69) is 15.3 Å². The zero-order valence-electron chi connectivity index (χ0n) is 17.7. The first-order chi connectivity index (χ1) is 14.7. The first-order valence-corrected chi connectivity index (χ1v) is 10.6. The molecule has 10 heteroatoms. The van der Waals surface area contributed by atoms with Gasteiger partial charge in [0.15, 0.2) is 5.65 Å². The molecule has 31 heavy (non-hydrogen) atoms. The predicted molar refractivity (Wildman–Crippen MR) is 119 cm³/mol. The average molecular weight is 439 g/mol. The molecule has 3 aromatic rings. The van der Waals surface area contributed by atoms with Gasteiger partial charge in [-0.05, 0) is 25.0 Å². The normalized spacial score (nSPS) is 11.0. The summed E-state index contributed by atoms with van der Waals surface area (Å²) in [6, 6.07) is 8.72. The third-order valence-electron chi connectivity index (χ3n) is 4.47. The van der Waals surface area contributed by atoms with Gasteiger partial charge in [-0.3, -0.25) is 18.7 Å². The number of hydrogen-bond acceptors (Lipinski definition) is 7. The second-order valence-corrected chi connectivity index (χ2v) is 8.38. The molecule has 0 bridgehead atoms. The molecule has 2 heterocycles. The van der Waals surface area contributed by atoms with Gasteiger partial charge in [-0.15, -0.1) is 0 Å². The molecular formula is C21H22N6O3S. The molecule has 0 spiro atoms. The summed E-state index contributed by atoms with van der Waals surface area (Å²) in [4.78, 5) is 46.7. The average Bonchev–Trinajstić information content (AvgIpc) is 2.73. The predicted octanol–water partition coefficient (Wildman–Crippen LogP) is 2.06. The van der Waals surface area contributed by atoms with Crippen molar-refractivity contribution >= 4 is 34.4 Å². The van der Waals surface area contributed by atoms with Gasteiger partial charge in [-0.2, -0.15) is 5.26 Å². The van der Waals surface area contributed by atoms with Crippen molar-refractivity contribution in [3.05, 3.63) is 56.5 Å². The van der Waals surface area contributed by atoms with Gasteiger partial charge in [-0.1, -0.05) is 37.7 Å². The first-order valence-electron chi connectivity index (χ1n) is 9.62. The lowest BCUT2D eigenvalue weighted by molar-refractivity contribution is -0.113. The van der Waals surface area contributed by atoms with E-state index in [9.17, 15) is 14.4 Å². The highest BCUT2D eigenvalue weighted by Gasteiger charge is 2.19. The number of anilines is 1. The minimum absolute atomic E-state index is 0.0300. The van der Waals surface area contributed by atoms with Crippen molar-refractivity contribution in [3.63, 3.8) is 0 Å². The molecule has 0 unspecified atom stereocenters. The highest BCUT2D eigenvalue weighted by molar-refractivity contribution is 8.00. The summed E-state index contributed by atoms with van der Waals surface area (Å²) in [6.45, 7) is 6.01. The smallest absolute Gasteiger partial charge is 0.324 e. The minimum Gasteiger partial charge on any atom is -0.324 e. The molecule has 3 rings (SSSR count). The molecule has 0 aliphatic carbocycles. The van der Waals surface area contributed by atoms with Crippen LogP contribution in [0.5, 0.6) is 0 Å². The largest absolute Gasteiger partial charge is 0.332 e. The number of nitriles is 1. The Morgan fingerprint density at radius 2 is 1.97 bits per heavy atom. The minimum atomic E-state index is -0.502. The van der Waals surface area contributed by atoms with E-state index in [-0.39, 0.29) is 28.6 Å². The van der Waals surface area contributed by atoms with Crippen LogP contribution in [0.3, 0.4) is 0 Å². The molecule has 160 valence electrons. The van der Waals surface area contributed by atoms with Crippen molar-refractivity contribution in [2.24, 2.45) is 13.0 Å². The van der Waals surface area contributed by atoms with Crippen LogP contribution in [0.4, 0.5) is 5.69 Å². The number of para-hydroxylation sites is 1. The maximum Gasteiger partial charge on any atom is 0.332 e. The van der Waals surface area contributed by atoms with Crippen molar-refractivity contribution in [1.29, 1.82) is 5.26 Å². The molecule has 0 aliphatic heterocycles. The monoisotopic (exact) mass is 438 g/mol.